The van der Waals surface area contributed by atoms with E-state index in [9.17, 15) is 9.18 Å². The summed E-state index contributed by atoms with van der Waals surface area (Å²) in [6.07, 6.45) is 1.99. The van der Waals surface area contributed by atoms with Crippen LogP contribution in [0.2, 0.25) is 0 Å². The molecule has 132 valence electrons. The third kappa shape index (κ3) is 4.37. The molecule has 1 saturated heterocycles. The molecule has 2 aromatic carbocycles. The Labute approximate surface area is 146 Å². The summed E-state index contributed by atoms with van der Waals surface area (Å²) in [5.41, 5.74) is 2.96. The summed E-state index contributed by atoms with van der Waals surface area (Å²) in [5.74, 6) is -0.684. The van der Waals surface area contributed by atoms with Gasteiger partial charge >= 0.3 is 5.97 Å². The first kappa shape index (κ1) is 17.4. The molecule has 5 heteroatoms. The van der Waals surface area contributed by atoms with Crippen LogP contribution in [0.15, 0.2) is 36.4 Å². The largest absolute Gasteiger partial charge is 0.490 e. The highest BCUT2D eigenvalue weighted by molar-refractivity contribution is 5.75. The molecule has 0 saturated carbocycles. The fraction of sp³-hybridized carbons (Fsp3) is 0.350. The highest BCUT2D eigenvalue weighted by atomic mass is 19.1. The molecule has 2 aromatic rings. The maximum Gasteiger partial charge on any atom is 0.307 e. The van der Waals surface area contributed by atoms with Crippen LogP contribution < -0.4 is 4.74 Å². The third-order valence-corrected chi connectivity index (χ3v) is 4.39. The van der Waals surface area contributed by atoms with Crippen LogP contribution in [0.4, 0.5) is 4.39 Å². The summed E-state index contributed by atoms with van der Waals surface area (Å²) in [6.45, 7) is 3.04. The molecule has 0 radical (unpaired) electrons. The number of aryl methyl sites for hydroxylation is 1. The molecule has 0 aromatic heterocycles. The Kier molecular flexibility index (Phi) is 5.34. The van der Waals surface area contributed by atoms with Crippen molar-refractivity contribution in [2.24, 2.45) is 0 Å². The second-order valence-corrected chi connectivity index (χ2v) is 6.30. The minimum atomic E-state index is -0.894. The second-order valence-electron chi connectivity index (χ2n) is 6.30. The average molecular weight is 344 g/mol. The van der Waals surface area contributed by atoms with Gasteiger partial charge in [-0.15, -0.1) is 0 Å². The van der Waals surface area contributed by atoms with Gasteiger partial charge in [0, 0.05) is 12.2 Å². The van der Waals surface area contributed by atoms with E-state index >= 15 is 0 Å². The lowest BCUT2D eigenvalue weighted by Crippen LogP contribution is -2.16. The number of rotatable bonds is 6. The van der Waals surface area contributed by atoms with Gasteiger partial charge in [0.15, 0.2) is 0 Å². The summed E-state index contributed by atoms with van der Waals surface area (Å²) in [5, 5.41) is 9.06. The van der Waals surface area contributed by atoms with Crippen molar-refractivity contribution in [3.63, 3.8) is 0 Å². The van der Waals surface area contributed by atoms with Crippen molar-refractivity contribution in [1.29, 1.82) is 0 Å². The first-order valence-electron chi connectivity index (χ1n) is 8.38. The Morgan fingerprint density at radius 1 is 1.32 bits per heavy atom. The maximum atomic E-state index is 13.8. The van der Waals surface area contributed by atoms with E-state index in [-0.39, 0.29) is 18.3 Å². The van der Waals surface area contributed by atoms with Crippen LogP contribution in [0, 0.1) is 12.7 Å². The molecule has 0 aliphatic carbocycles. The van der Waals surface area contributed by atoms with E-state index in [4.69, 9.17) is 14.6 Å². The van der Waals surface area contributed by atoms with Crippen LogP contribution >= 0.6 is 0 Å². The molecular formula is C20H21FO4. The quantitative estimate of drug-likeness (QED) is 0.861. The van der Waals surface area contributed by atoms with Crippen molar-refractivity contribution in [3.8, 4) is 16.9 Å². The summed E-state index contributed by atoms with van der Waals surface area (Å²) < 4.78 is 25.2. The Bertz CT molecular complexity index is 766. The zero-order chi connectivity index (χ0) is 17.8. The number of aliphatic carboxylic acids is 1. The van der Waals surface area contributed by atoms with Crippen LogP contribution in [0.25, 0.3) is 11.1 Å². The van der Waals surface area contributed by atoms with Gasteiger partial charge in [-0.1, -0.05) is 18.2 Å². The standard InChI is InChI=1S/C20H21FO4/c1-13-4-5-14(9-15(13)10-20(22)23)18-11-16(21)6-7-19(18)25-12-17-3-2-8-24-17/h4-7,9,11,17H,2-3,8,10,12H2,1H3,(H,22,23). The molecule has 1 aliphatic rings. The number of hydrogen-bond acceptors (Lipinski definition) is 3. The van der Waals surface area contributed by atoms with Gasteiger partial charge in [0.25, 0.3) is 0 Å². The minimum Gasteiger partial charge on any atom is -0.490 e. The fourth-order valence-corrected chi connectivity index (χ4v) is 3.00. The molecular weight excluding hydrogens is 323 g/mol. The van der Waals surface area contributed by atoms with E-state index in [1.165, 1.54) is 12.1 Å². The van der Waals surface area contributed by atoms with Gasteiger partial charge in [0.1, 0.15) is 18.2 Å². The highest BCUT2D eigenvalue weighted by Crippen LogP contribution is 2.32. The molecule has 0 spiro atoms. The number of halogens is 1. The van der Waals surface area contributed by atoms with Crippen molar-refractivity contribution in [1.82, 2.24) is 0 Å². The molecule has 3 rings (SSSR count). The first-order chi connectivity index (χ1) is 12.0. The smallest absolute Gasteiger partial charge is 0.307 e. The third-order valence-electron chi connectivity index (χ3n) is 4.39. The van der Waals surface area contributed by atoms with Crippen LogP contribution in [0.1, 0.15) is 24.0 Å². The van der Waals surface area contributed by atoms with Gasteiger partial charge in [-0.2, -0.15) is 0 Å². The summed E-state index contributed by atoms with van der Waals surface area (Å²) in [6, 6.07) is 9.88. The lowest BCUT2D eigenvalue weighted by Gasteiger charge is -2.16. The zero-order valence-electron chi connectivity index (χ0n) is 14.1. The number of hydrogen-bond donors (Lipinski definition) is 1. The molecule has 1 N–H and O–H groups in total. The molecule has 1 atom stereocenters. The number of carboxylic acid groups (broad SMARTS) is 1. The SMILES string of the molecule is Cc1ccc(-c2cc(F)ccc2OCC2CCCO2)cc1CC(=O)O. The van der Waals surface area contributed by atoms with Crippen molar-refractivity contribution in [2.75, 3.05) is 13.2 Å². The summed E-state index contributed by atoms with van der Waals surface area (Å²) >= 11 is 0. The predicted octanol–water partition coefficient (Wildman–Crippen LogP) is 3.99. The Balaban J connectivity index is 1.89. The molecule has 0 bridgehead atoms. The molecule has 25 heavy (non-hydrogen) atoms. The van der Waals surface area contributed by atoms with Gasteiger partial charge in [-0.25, -0.2) is 4.39 Å². The topological polar surface area (TPSA) is 55.8 Å². The number of carboxylic acids is 1. The zero-order valence-corrected chi connectivity index (χ0v) is 14.1. The molecule has 1 aliphatic heterocycles. The lowest BCUT2D eigenvalue weighted by molar-refractivity contribution is -0.136. The van der Waals surface area contributed by atoms with Crippen molar-refractivity contribution >= 4 is 5.97 Å². The van der Waals surface area contributed by atoms with E-state index in [1.54, 1.807) is 12.1 Å². The second kappa shape index (κ2) is 7.66. The van der Waals surface area contributed by atoms with Crippen LogP contribution in [0.3, 0.4) is 0 Å². The number of carbonyl (C=O) groups is 1. The Hall–Kier alpha value is -2.40. The van der Waals surface area contributed by atoms with Crippen LogP contribution in [-0.4, -0.2) is 30.4 Å². The summed E-state index contributed by atoms with van der Waals surface area (Å²) in [4.78, 5) is 11.0. The Morgan fingerprint density at radius 2 is 2.16 bits per heavy atom. The highest BCUT2D eigenvalue weighted by Gasteiger charge is 2.18. The van der Waals surface area contributed by atoms with Gasteiger partial charge < -0.3 is 14.6 Å². The predicted molar refractivity (Wildman–Crippen MR) is 92.4 cm³/mol. The van der Waals surface area contributed by atoms with Crippen LogP contribution in [-0.2, 0) is 16.0 Å². The van der Waals surface area contributed by atoms with Gasteiger partial charge in [-0.05, 0) is 54.7 Å². The molecule has 1 fully saturated rings. The molecule has 0 amide bonds. The summed E-state index contributed by atoms with van der Waals surface area (Å²) in [7, 11) is 0. The van der Waals surface area contributed by atoms with Crippen molar-refractivity contribution < 1.29 is 23.8 Å². The average Bonchev–Trinajstić information content (AvgIpc) is 3.09. The number of benzene rings is 2. The number of ether oxygens (including phenoxy) is 2. The van der Waals surface area contributed by atoms with Crippen LogP contribution in [0.5, 0.6) is 5.75 Å². The van der Waals surface area contributed by atoms with Crippen molar-refractivity contribution in [3.05, 3.63) is 53.3 Å². The fourth-order valence-electron chi connectivity index (χ4n) is 3.00. The van der Waals surface area contributed by atoms with E-state index in [0.29, 0.717) is 23.5 Å². The minimum absolute atomic E-state index is 0.0680. The van der Waals surface area contributed by atoms with Gasteiger partial charge in [0.05, 0.1) is 12.5 Å². The van der Waals surface area contributed by atoms with E-state index in [0.717, 1.165) is 30.6 Å². The van der Waals surface area contributed by atoms with E-state index < -0.39 is 5.97 Å². The first-order valence-corrected chi connectivity index (χ1v) is 8.38. The normalized spacial score (nSPS) is 16.8. The van der Waals surface area contributed by atoms with Gasteiger partial charge in [0.2, 0.25) is 0 Å². The van der Waals surface area contributed by atoms with Crippen molar-refractivity contribution in [2.45, 2.75) is 32.3 Å². The molecule has 1 unspecified atom stereocenters. The Morgan fingerprint density at radius 3 is 2.88 bits per heavy atom. The molecule has 1 heterocycles. The van der Waals surface area contributed by atoms with E-state index in [1.807, 2.05) is 19.1 Å². The maximum absolute atomic E-state index is 13.8. The monoisotopic (exact) mass is 344 g/mol. The van der Waals surface area contributed by atoms with E-state index in [2.05, 4.69) is 0 Å². The van der Waals surface area contributed by atoms with Gasteiger partial charge in [-0.3, -0.25) is 4.79 Å². The molecule has 4 nitrogen and oxygen atoms in total. The lowest BCUT2D eigenvalue weighted by atomic mass is 9.97.